The summed E-state index contributed by atoms with van der Waals surface area (Å²) in [5.41, 5.74) is -0.520. The number of nitro groups is 1. The largest absolute Gasteiger partial charge is 0.514 e. The van der Waals surface area contributed by atoms with E-state index in [4.69, 9.17) is 23.7 Å². The molecular weight excluding hydrogens is 694 g/mol. The van der Waals surface area contributed by atoms with Crippen molar-refractivity contribution in [3.63, 3.8) is 0 Å². The molecule has 0 saturated carbocycles. The van der Waals surface area contributed by atoms with Crippen LogP contribution in [0.15, 0.2) is 54.7 Å². The molecule has 3 atom stereocenters. The Balaban J connectivity index is 1.40. The number of halogens is 2. The Morgan fingerprint density at radius 1 is 0.941 bits per heavy atom. The van der Waals surface area contributed by atoms with Crippen LogP contribution in [0.5, 0.6) is 5.75 Å². The lowest BCUT2D eigenvalue weighted by Gasteiger charge is -2.38. The molecule has 2 aliphatic rings. The standard InChI is InChI=1S/C34H38F2N4O10S/c1-32(2,3)49-29(41)39-17-25(47-31(43)50-33(4,5)6)27(48-30(42)46-23-13-11-22(12-14-23)40(44)45)24(39)15-20-7-9-21(10-8-20)26-16-37-28(51-26)38-18-34(35,36)19-38/h7-14,16,24-25,27H,15,17-19H2,1-6H3/t24-,25+,27+/m1/s1. The number of amides is 1. The highest BCUT2D eigenvalue weighted by atomic mass is 32.1. The summed E-state index contributed by atoms with van der Waals surface area (Å²) in [4.78, 5) is 57.8. The first-order chi connectivity index (χ1) is 23.7. The third-order valence-electron chi connectivity index (χ3n) is 7.56. The topological polar surface area (TPSA) is 160 Å². The Hall–Kier alpha value is -5.06. The fourth-order valence-corrected chi connectivity index (χ4v) is 6.30. The molecule has 14 nitrogen and oxygen atoms in total. The summed E-state index contributed by atoms with van der Waals surface area (Å²) in [5, 5.41) is 11.5. The number of aromatic nitrogens is 1. The molecule has 3 aromatic rings. The van der Waals surface area contributed by atoms with Gasteiger partial charge in [0.1, 0.15) is 17.0 Å². The van der Waals surface area contributed by atoms with Crippen molar-refractivity contribution in [3.8, 4) is 16.2 Å². The number of alkyl halides is 2. The number of carbonyl (C=O) groups excluding carboxylic acids is 3. The molecule has 2 fully saturated rings. The predicted molar refractivity (Wildman–Crippen MR) is 180 cm³/mol. The number of hydrogen-bond donors (Lipinski definition) is 0. The number of ether oxygens (including phenoxy) is 5. The van der Waals surface area contributed by atoms with Gasteiger partial charge in [-0.25, -0.2) is 28.1 Å². The Morgan fingerprint density at radius 3 is 2.14 bits per heavy atom. The normalized spacial score (nSPS) is 19.9. The van der Waals surface area contributed by atoms with E-state index in [1.165, 1.54) is 33.3 Å². The lowest BCUT2D eigenvalue weighted by Crippen LogP contribution is -2.56. The predicted octanol–water partition coefficient (Wildman–Crippen LogP) is 7.24. The van der Waals surface area contributed by atoms with Gasteiger partial charge in [0.05, 0.1) is 35.5 Å². The van der Waals surface area contributed by atoms with Gasteiger partial charge >= 0.3 is 18.4 Å². The number of anilines is 1. The first kappa shape index (κ1) is 37.2. The van der Waals surface area contributed by atoms with E-state index in [9.17, 15) is 33.3 Å². The summed E-state index contributed by atoms with van der Waals surface area (Å²) in [6.45, 7) is 9.05. The zero-order valence-corrected chi connectivity index (χ0v) is 29.6. The first-order valence-electron chi connectivity index (χ1n) is 16.0. The van der Waals surface area contributed by atoms with Crippen LogP contribution < -0.4 is 9.64 Å². The molecule has 0 spiro atoms. The van der Waals surface area contributed by atoms with Gasteiger partial charge in [-0.2, -0.15) is 0 Å². The Kier molecular flexibility index (Phi) is 10.4. The van der Waals surface area contributed by atoms with Crippen molar-refractivity contribution in [2.75, 3.05) is 24.5 Å². The van der Waals surface area contributed by atoms with E-state index in [1.54, 1.807) is 59.9 Å². The highest BCUT2D eigenvalue weighted by Crippen LogP contribution is 2.38. The molecule has 1 aromatic heterocycles. The van der Waals surface area contributed by atoms with Crippen LogP contribution in [0, 0.1) is 10.1 Å². The van der Waals surface area contributed by atoms with Crippen molar-refractivity contribution in [2.24, 2.45) is 0 Å². The van der Waals surface area contributed by atoms with E-state index >= 15 is 0 Å². The average Bonchev–Trinajstić information content (AvgIpc) is 3.60. The minimum Gasteiger partial charge on any atom is -0.444 e. The van der Waals surface area contributed by atoms with E-state index in [-0.39, 0.29) is 37.5 Å². The van der Waals surface area contributed by atoms with Crippen LogP contribution in [0.3, 0.4) is 0 Å². The fraction of sp³-hybridized carbons (Fsp3) is 0.471. The number of thiazole rings is 1. The number of rotatable bonds is 8. The molecule has 17 heteroatoms. The van der Waals surface area contributed by atoms with Gasteiger partial charge in [-0.1, -0.05) is 35.6 Å². The third kappa shape index (κ3) is 9.80. The number of benzene rings is 2. The van der Waals surface area contributed by atoms with Crippen molar-refractivity contribution in [2.45, 2.75) is 83.3 Å². The van der Waals surface area contributed by atoms with Crippen molar-refractivity contribution in [3.05, 3.63) is 70.4 Å². The monoisotopic (exact) mass is 732 g/mol. The maximum absolute atomic E-state index is 13.5. The van der Waals surface area contributed by atoms with Gasteiger partial charge in [-0.15, -0.1) is 0 Å². The minimum absolute atomic E-state index is 0.0432. The molecule has 5 rings (SSSR count). The maximum atomic E-state index is 13.5. The Bertz CT molecular complexity index is 1750. The molecule has 3 heterocycles. The number of likely N-dealkylation sites (tertiary alicyclic amines) is 1. The van der Waals surface area contributed by atoms with Crippen molar-refractivity contribution < 1.29 is 51.8 Å². The second-order valence-corrected chi connectivity index (χ2v) is 15.1. The third-order valence-corrected chi connectivity index (χ3v) is 8.67. The highest BCUT2D eigenvalue weighted by molar-refractivity contribution is 7.18. The molecule has 0 aliphatic carbocycles. The zero-order valence-electron chi connectivity index (χ0n) is 28.8. The molecule has 0 radical (unpaired) electrons. The number of carbonyl (C=O) groups is 3. The summed E-state index contributed by atoms with van der Waals surface area (Å²) in [7, 11) is 0. The summed E-state index contributed by atoms with van der Waals surface area (Å²) >= 11 is 1.29. The van der Waals surface area contributed by atoms with Crippen LogP contribution >= 0.6 is 11.3 Å². The van der Waals surface area contributed by atoms with Crippen molar-refractivity contribution >= 4 is 40.6 Å². The second kappa shape index (κ2) is 14.3. The van der Waals surface area contributed by atoms with Crippen LogP contribution in [-0.4, -0.2) is 88.2 Å². The molecular formula is C34H38F2N4O10S. The first-order valence-corrected chi connectivity index (χ1v) is 16.8. The molecule has 51 heavy (non-hydrogen) atoms. The summed E-state index contributed by atoms with van der Waals surface area (Å²) in [6, 6.07) is 11.1. The molecule has 1 amide bonds. The molecule has 2 saturated heterocycles. The molecule has 0 N–H and O–H groups in total. The van der Waals surface area contributed by atoms with Gasteiger partial charge in [0.2, 0.25) is 0 Å². The number of non-ortho nitro benzene ring substituents is 1. The zero-order chi connectivity index (χ0) is 37.3. The lowest BCUT2D eigenvalue weighted by atomic mass is 9.99. The van der Waals surface area contributed by atoms with Crippen LogP contribution in [0.1, 0.15) is 47.1 Å². The van der Waals surface area contributed by atoms with Crippen LogP contribution in [0.4, 0.5) is 34.0 Å². The number of hydrogen-bond acceptors (Lipinski definition) is 13. The van der Waals surface area contributed by atoms with E-state index in [0.717, 1.165) is 22.6 Å². The van der Waals surface area contributed by atoms with Crippen LogP contribution in [0.25, 0.3) is 10.4 Å². The Labute approximate surface area is 296 Å². The molecule has 0 unspecified atom stereocenters. The number of nitrogens with zero attached hydrogens (tertiary/aromatic N) is 4. The molecule has 2 aromatic carbocycles. The van der Waals surface area contributed by atoms with Crippen molar-refractivity contribution in [1.82, 2.24) is 9.88 Å². The summed E-state index contributed by atoms with van der Waals surface area (Å²) in [5.74, 6) is -2.76. The maximum Gasteiger partial charge on any atom is 0.514 e. The minimum atomic E-state index is -2.72. The average molecular weight is 733 g/mol. The summed E-state index contributed by atoms with van der Waals surface area (Å²) in [6.07, 6.45) is -3.75. The SMILES string of the molecule is CC(C)(C)OC(=O)O[C@H]1CN(C(=O)OC(C)(C)C)[C@H](Cc2ccc(-c3cnc(N4CC(F)(F)C4)s3)cc2)[C@@H]1OC(=O)Oc1ccc([N+](=O)[O-])cc1. The molecule has 2 aliphatic heterocycles. The van der Waals surface area contributed by atoms with Crippen LogP contribution in [-0.2, 0) is 25.4 Å². The van der Waals surface area contributed by atoms with Gasteiger partial charge in [-0.3, -0.25) is 15.0 Å². The quantitative estimate of drug-likeness (QED) is 0.0752. The van der Waals surface area contributed by atoms with E-state index in [0.29, 0.717) is 10.7 Å². The molecule has 0 bridgehead atoms. The molecule has 274 valence electrons. The van der Waals surface area contributed by atoms with Gasteiger partial charge in [-0.05, 0) is 71.2 Å². The van der Waals surface area contributed by atoms with Gasteiger partial charge in [0, 0.05) is 18.3 Å². The lowest BCUT2D eigenvalue weighted by molar-refractivity contribution is -0.384. The van der Waals surface area contributed by atoms with Crippen molar-refractivity contribution in [1.29, 1.82) is 0 Å². The van der Waals surface area contributed by atoms with E-state index < -0.39 is 58.7 Å². The van der Waals surface area contributed by atoms with E-state index in [1.807, 2.05) is 12.1 Å². The fourth-order valence-electron chi connectivity index (χ4n) is 5.38. The summed E-state index contributed by atoms with van der Waals surface area (Å²) < 4.78 is 54.4. The van der Waals surface area contributed by atoms with Gasteiger partial charge < -0.3 is 28.6 Å². The Morgan fingerprint density at radius 2 is 1.57 bits per heavy atom. The number of nitro benzene ring substituents is 1. The van der Waals surface area contributed by atoms with E-state index in [2.05, 4.69) is 4.98 Å². The van der Waals surface area contributed by atoms with Gasteiger partial charge in [0.15, 0.2) is 17.3 Å². The smallest absolute Gasteiger partial charge is 0.444 e. The highest BCUT2D eigenvalue weighted by Gasteiger charge is 2.50. The second-order valence-electron chi connectivity index (χ2n) is 14.1. The van der Waals surface area contributed by atoms with Crippen LogP contribution in [0.2, 0.25) is 0 Å². The van der Waals surface area contributed by atoms with Gasteiger partial charge in [0.25, 0.3) is 11.6 Å².